The third-order valence-corrected chi connectivity index (χ3v) is 5.29. The quantitative estimate of drug-likeness (QED) is 0.455. The van der Waals surface area contributed by atoms with E-state index in [-0.39, 0.29) is 12.6 Å². The molecular formula is C23H34N4O3. The molecule has 1 aromatic carbocycles. The lowest BCUT2D eigenvalue weighted by atomic mass is 10.0. The lowest BCUT2D eigenvalue weighted by Crippen LogP contribution is -2.46. The van der Waals surface area contributed by atoms with E-state index in [4.69, 9.17) is 9.15 Å². The smallest absolute Gasteiger partial charge is 0.191 e. The Morgan fingerprint density at radius 2 is 1.90 bits per heavy atom. The molecule has 30 heavy (non-hydrogen) atoms. The topological polar surface area (TPSA) is 82.3 Å². The van der Waals surface area contributed by atoms with E-state index in [1.165, 1.54) is 5.56 Å². The molecule has 0 bridgehead atoms. The Labute approximate surface area is 179 Å². The van der Waals surface area contributed by atoms with Crippen molar-refractivity contribution in [3.05, 3.63) is 59.5 Å². The Hall–Kier alpha value is -2.35. The number of rotatable bonds is 8. The number of aliphatic hydroxyl groups is 1. The Morgan fingerprint density at radius 3 is 2.53 bits per heavy atom. The molecule has 3 rings (SSSR count). The number of furan rings is 1. The van der Waals surface area contributed by atoms with E-state index < -0.39 is 5.60 Å². The van der Waals surface area contributed by atoms with Crippen LogP contribution in [0, 0.1) is 6.92 Å². The van der Waals surface area contributed by atoms with Crippen molar-refractivity contribution in [1.29, 1.82) is 0 Å². The summed E-state index contributed by atoms with van der Waals surface area (Å²) >= 11 is 0. The van der Waals surface area contributed by atoms with E-state index in [1.807, 2.05) is 26.0 Å². The molecule has 7 heteroatoms. The first-order valence-electron chi connectivity index (χ1n) is 10.7. The second-order valence-corrected chi connectivity index (χ2v) is 7.84. The molecule has 0 saturated carbocycles. The van der Waals surface area contributed by atoms with Crippen LogP contribution in [-0.2, 0) is 10.3 Å². The van der Waals surface area contributed by atoms with Gasteiger partial charge in [-0.2, -0.15) is 0 Å². The first kappa shape index (κ1) is 22.3. The zero-order valence-corrected chi connectivity index (χ0v) is 18.2. The number of nitrogens with zero attached hydrogens (tertiary/aromatic N) is 2. The maximum absolute atomic E-state index is 10.8. The summed E-state index contributed by atoms with van der Waals surface area (Å²) in [4.78, 5) is 7.06. The molecule has 2 atom stereocenters. The van der Waals surface area contributed by atoms with Crippen LogP contribution in [0.15, 0.2) is 51.9 Å². The van der Waals surface area contributed by atoms with Crippen molar-refractivity contribution in [1.82, 2.24) is 15.5 Å². The fourth-order valence-corrected chi connectivity index (χ4v) is 3.59. The molecule has 3 N–H and O–H groups in total. The standard InChI is InChI=1S/C23H34N4O3/c1-4-24-22(26-17-23(3,28)21-11-10-18(2)30-21)25-16-20(19-8-6-5-7-9-19)27-12-14-29-15-13-27/h5-11,20,28H,4,12-17H2,1-3H3,(H2,24,25,26). The van der Waals surface area contributed by atoms with Gasteiger partial charge < -0.3 is 24.9 Å². The van der Waals surface area contributed by atoms with Crippen molar-refractivity contribution >= 4 is 5.96 Å². The summed E-state index contributed by atoms with van der Waals surface area (Å²) in [6.07, 6.45) is 0. The number of guanidine groups is 1. The van der Waals surface area contributed by atoms with Gasteiger partial charge >= 0.3 is 0 Å². The van der Waals surface area contributed by atoms with E-state index >= 15 is 0 Å². The second-order valence-electron chi connectivity index (χ2n) is 7.84. The van der Waals surface area contributed by atoms with Crippen molar-refractivity contribution < 1.29 is 14.3 Å². The molecular weight excluding hydrogens is 380 g/mol. The number of benzene rings is 1. The van der Waals surface area contributed by atoms with E-state index in [1.54, 1.807) is 13.0 Å². The van der Waals surface area contributed by atoms with Gasteiger partial charge in [-0.1, -0.05) is 30.3 Å². The predicted octanol–water partition coefficient (Wildman–Crippen LogP) is 2.42. The first-order chi connectivity index (χ1) is 14.5. The first-order valence-corrected chi connectivity index (χ1v) is 10.7. The highest BCUT2D eigenvalue weighted by molar-refractivity contribution is 5.79. The molecule has 1 aliphatic rings. The number of hydrogen-bond acceptors (Lipinski definition) is 5. The van der Waals surface area contributed by atoms with Crippen LogP contribution in [-0.4, -0.2) is 61.9 Å². The number of aliphatic imine (C=N–C) groups is 1. The number of ether oxygens (including phenoxy) is 1. The second kappa shape index (κ2) is 10.6. The largest absolute Gasteiger partial charge is 0.463 e. The number of hydrogen-bond donors (Lipinski definition) is 3. The Balaban J connectivity index is 1.69. The minimum Gasteiger partial charge on any atom is -0.463 e. The van der Waals surface area contributed by atoms with E-state index in [9.17, 15) is 5.11 Å². The van der Waals surface area contributed by atoms with Gasteiger partial charge in [0.05, 0.1) is 25.8 Å². The molecule has 0 radical (unpaired) electrons. The van der Waals surface area contributed by atoms with Gasteiger partial charge in [0.25, 0.3) is 0 Å². The van der Waals surface area contributed by atoms with E-state index in [0.29, 0.717) is 18.3 Å². The molecule has 0 amide bonds. The molecule has 1 aromatic heterocycles. The Kier molecular flexibility index (Phi) is 7.90. The van der Waals surface area contributed by atoms with Gasteiger partial charge in [-0.3, -0.25) is 4.90 Å². The lowest BCUT2D eigenvalue weighted by Gasteiger charge is -2.35. The van der Waals surface area contributed by atoms with Crippen LogP contribution in [0.3, 0.4) is 0 Å². The highest BCUT2D eigenvalue weighted by atomic mass is 16.5. The fraction of sp³-hybridized carbons (Fsp3) is 0.522. The van der Waals surface area contributed by atoms with Gasteiger partial charge in [-0.15, -0.1) is 0 Å². The molecule has 2 unspecified atom stereocenters. The Bertz CT molecular complexity index is 798. The van der Waals surface area contributed by atoms with Gasteiger partial charge in [0.1, 0.15) is 17.1 Å². The SMILES string of the molecule is CCNC(=NCC(C)(O)c1ccc(C)o1)NCC(c1ccccc1)N1CCOCC1. The highest BCUT2D eigenvalue weighted by Crippen LogP contribution is 2.23. The summed E-state index contributed by atoms with van der Waals surface area (Å²) in [5.41, 5.74) is 0.0976. The maximum atomic E-state index is 10.8. The van der Waals surface area contributed by atoms with Gasteiger partial charge in [0.2, 0.25) is 0 Å². The molecule has 164 valence electrons. The van der Waals surface area contributed by atoms with E-state index in [2.05, 4.69) is 44.8 Å². The molecule has 0 aliphatic carbocycles. The van der Waals surface area contributed by atoms with Crippen molar-refractivity contribution in [3.8, 4) is 0 Å². The fourth-order valence-electron chi connectivity index (χ4n) is 3.59. The van der Waals surface area contributed by atoms with Crippen molar-refractivity contribution in [2.24, 2.45) is 4.99 Å². The summed E-state index contributed by atoms with van der Waals surface area (Å²) in [6, 6.07) is 14.4. The van der Waals surface area contributed by atoms with Gasteiger partial charge in [0, 0.05) is 26.2 Å². The highest BCUT2D eigenvalue weighted by Gasteiger charge is 2.27. The summed E-state index contributed by atoms with van der Waals surface area (Å²) in [5.74, 6) is 1.97. The van der Waals surface area contributed by atoms with Crippen LogP contribution in [0.5, 0.6) is 0 Å². The van der Waals surface area contributed by atoms with Gasteiger partial charge in [-0.25, -0.2) is 4.99 Å². The summed E-state index contributed by atoms with van der Waals surface area (Å²) in [5, 5.41) is 17.5. The maximum Gasteiger partial charge on any atom is 0.191 e. The van der Waals surface area contributed by atoms with E-state index in [0.717, 1.165) is 38.6 Å². The zero-order valence-electron chi connectivity index (χ0n) is 18.2. The molecule has 2 heterocycles. The monoisotopic (exact) mass is 414 g/mol. The zero-order chi connectivity index (χ0) is 21.4. The summed E-state index contributed by atoms with van der Waals surface area (Å²) in [6.45, 7) is 10.6. The minimum absolute atomic E-state index is 0.197. The van der Waals surface area contributed by atoms with Crippen molar-refractivity contribution in [2.45, 2.75) is 32.4 Å². The minimum atomic E-state index is -1.17. The average Bonchev–Trinajstić information content (AvgIpc) is 3.21. The number of aryl methyl sites for hydroxylation is 1. The van der Waals surface area contributed by atoms with Gasteiger partial charge in [0.15, 0.2) is 5.96 Å². The third kappa shape index (κ3) is 6.08. The van der Waals surface area contributed by atoms with Crippen LogP contribution in [0.25, 0.3) is 0 Å². The number of nitrogens with one attached hydrogen (secondary N) is 2. The van der Waals surface area contributed by atoms with Crippen molar-refractivity contribution in [3.63, 3.8) is 0 Å². The number of morpholine rings is 1. The molecule has 1 aliphatic heterocycles. The molecule has 1 fully saturated rings. The van der Waals surface area contributed by atoms with Crippen molar-refractivity contribution in [2.75, 3.05) is 45.9 Å². The van der Waals surface area contributed by atoms with Gasteiger partial charge in [-0.05, 0) is 38.5 Å². The van der Waals surface area contributed by atoms with Crippen LogP contribution in [0.1, 0.15) is 37.0 Å². The van der Waals surface area contributed by atoms with Crippen LogP contribution >= 0.6 is 0 Å². The molecule has 7 nitrogen and oxygen atoms in total. The molecule has 2 aromatic rings. The van der Waals surface area contributed by atoms with Crippen LogP contribution < -0.4 is 10.6 Å². The summed E-state index contributed by atoms with van der Waals surface area (Å²) in [7, 11) is 0. The van der Waals surface area contributed by atoms with Crippen LogP contribution in [0.4, 0.5) is 0 Å². The molecule has 1 saturated heterocycles. The average molecular weight is 415 g/mol. The normalized spacial score (nSPS) is 18.6. The summed E-state index contributed by atoms with van der Waals surface area (Å²) < 4.78 is 11.1. The lowest BCUT2D eigenvalue weighted by molar-refractivity contribution is 0.0169. The Morgan fingerprint density at radius 1 is 1.17 bits per heavy atom. The van der Waals surface area contributed by atoms with Crippen LogP contribution in [0.2, 0.25) is 0 Å². The predicted molar refractivity (Wildman–Crippen MR) is 119 cm³/mol. The molecule has 0 spiro atoms. The third-order valence-electron chi connectivity index (χ3n) is 5.29.